The highest BCUT2D eigenvalue weighted by molar-refractivity contribution is 5.78. The van der Waals surface area contributed by atoms with Gasteiger partial charge in [0.1, 0.15) is 5.82 Å². The van der Waals surface area contributed by atoms with Crippen LogP contribution in [0.15, 0.2) is 23.3 Å². The summed E-state index contributed by atoms with van der Waals surface area (Å²) in [7, 11) is 0. The predicted molar refractivity (Wildman–Crippen MR) is 91.1 cm³/mol. The van der Waals surface area contributed by atoms with E-state index in [9.17, 15) is 0 Å². The lowest BCUT2D eigenvalue weighted by Crippen LogP contribution is -2.38. The van der Waals surface area contributed by atoms with Crippen LogP contribution in [0.25, 0.3) is 0 Å². The Labute approximate surface area is 133 Å². The van der Waals surface area contributed by atoms with Crippen LogP contribution in [0.3, 0.4) is 0 Å². The van der Waals surface area contributed by atoms with Gasteiger partial charge in [-0.25, -0.2) is 9.98 Å². The maximum Gasteiger partial charge on any atom is 0.191 e. The Bertz CT molecular complexity index is 482. The van der Waals surface area contributed by atoms with Crippen molar-refractivity contribution < 1.29 is 0 Å². The van der Waals surface area contributed by atoms with E-state index >= 15 is 0 Å². The maximum absolute atomic E-state index is 6.14. The lowest BCUT2D eigenvalue weighted by molar-refractivity contribution is 0.428. The van der Waals surface area contributed by atoms with Gasteiger partial charge in [0, 0.05) is 32.4 Å². The zero-order valence-corrected chi connectivity index (χ0v) is 13.4. The van der Waals surface area contributed by atoms with Gasteiger partial charge >= 0.3 is 0 Å². The highest BCUT2D eigenvalue weighted by atomic mass is 15.2. The van der Waals surface area contributed by atoms with E-state index in [2.05, 4.69) is 31.9 Å². The van der Waals surface area contributed by atoms with Crippen LogP contribution in [0.4, 0.5) is 5.82 Å². The number of aliphatic imine (C=N–C) groups is 1. The highest BCUT2D eigenvalue weighted by Gasteiger charge is 2.13. The van der Waals surface area contributed by atoms with E-state index in [1.54, 1.807) is 0 Å². The van der Waals surface area contributed by atoms with Gasteiger partial charge in [-0.2, -0.15) is 0 Å². The molecule has 22 heavy (non-hydrogen) atoms. The van der Waals surface area contributed by atoms with Crippen LogP contribution in [0.1, 0.15) is 44.1 Å². The van der Waals surface area contributed by atoms with Gasteiger partial charge in [-0.1, -0.05) is 18.9 Å². The van der Waals surface area contributed by atoms with Crippen LogP contribution in [0.2, 0.25) is 0 Å². The average molecular weight is 301 g/mol. The van der Waals surface area contributed by atoms with Crippen molar-refractivity contribution in [2.75, 3.05) is 31.1 Å². The summed E-state index contributed by atoms with van der Waals surface area (Å²) in [6.07, 6.45) is 9.56. The fraction of sp³-hybridized carbons (Fsp3) is 0.647. The summed E-state index contributed by atoms with van der Waals surface area (Å²) >= 11 is 0. The fourth-order valence-corrected chi connectivity index (χ4v) is 3.22. The second-order valence-electron chi connectivity index (χ2n) is 6.29. The van der Waals surface area contributed by atoms with E-state index < -0.39 is 0 Å². The van der Waals surface area contributed by atoms with Gasteiger partial charge in [0.25, 0.3) is 0 Å². The van der Waals surface area contributed by atoms with E-state index in [0.717, 1.165) is 37.6 Å². The average Bonchev–Trinajstić information content (AvgIpc) is 2.95. The van der Waals surface area contributed by atoms with E-state index in [4.69, 9.17) is 5.73 Å². The molecule has 120 valence electrons. The Kier molecular flexibility index (Phi) is 5.14. The molecular formula is C17H27N5. The quantitative estimate of drug-likeness (QED) is 0.688. The topological polar surface area (TPSA) is 57.8 Å². The van der Waals surface area contributed by atoms with E-state index in [1.807, 2.05) is 6.20 Å². The van der Waals surface area contributed by atoms with E-state index in [-0.39, 0.29) is 0 Å². The zero-order valence-electron chi connectivity index (χ0n) is 13.4. The molecule has 0 aliphatic carbocycles. The molecule has 0 aromatic carbocycles. The third-order valence-electron chi connectivity index (χ3n) is 4.59. The number of rotatable bonds is 3. The largest absolute Gasteiger partial charge is 0.370 e. The normalized spacial score (nSPS) is 20.3. The van der Waals surface area contributed by atoms with Crippen LogP contribution in [0.5, 0.6) is 0 Å². The van der Waals surface area contributed by atoms with Crippen LogP contribution >= 0.6 is 0 Å². The van der Waals surface area contributed by atoms with Gasteiger partial charge in [-0.05, 0) is 37.3 Å². The number of nitrogens with two attached hydrogens (primary N) is 1. The zero-order chi connectivity index (χ0) is 15.2. The molecule has 5 nitrogen and oxygen atoms in total. The molecule has 2 aliphatic heterocycles. The second-order valence-corrected chi connectivity index (χ2v) is 6.29. The molecule has 1 aromatic heterocycles. The molecular weight excluding hydrogens is 274 g/mol. The van der Waals surface area contributed by atoms with Gasteiger partial charge in [-0.3, -0.25) is 0 Å². The minimum atomic E-state index is 0.621. The molecule has 0 radical (unpaired) electrons. The predicted octanol–water partition coefficient (Wildman–Crippen LogP) is 2.37. The van der Waals surface area contributed by atoms with E-state index in [0.29, 0.717) is 12.5 Å². The molecule has 1 aromatic rings. The number of likely N-dealkylation sites (tertiary alicyclic amines) is 1. The number of pyridine rings is 1. The summed E-state index contributed by atoms with van der Waals surface area (Å²) in [6.45, 7) is 4.97. The summed E-state index contributed by atoms with van der Waals surface area (Å²) in [6, 6.07) is 4.23. The van der Waals surface area contributed by atoms with Crippen molar-refractivity contribution in [3.8, 4) is 0 Å². The Morgan fingerprint density at radius 3 is 2.32 bits per heavy atom. The first kappa shape index (κ1) is 15.1. The Morgan fingerprint density at radius 2 is 1.68 bits per heavy atom. The first-order chi connectivity index (χ1) is 10.8. The molecule has 2 aliphatic rings. The summed E-state index contributed by atoms with van der Waals surface area (Å²) in [4.78, 5) is 13.7. The number of guanidine groups is 1. The molecule has 0 bridgehead atoms. The number of nitrogens with zero attached hydrogens (tertiary/aromatic N) is 4. The summed E-state index contributed by atoms with van der Waals surface area (Å²) in [5.74, 6) is 1.77. The summed E-state index contributed by atoms with van der Waals surface area (Å²) < 4.78 is 0. The van der Waals surface area contributed by atoms with Crippen molar-refractivity contribution in [2.24, 2.45) is 10.7 Å². The number of hydrogen-bond donors (Lipinski definition) is 1. The monoisotopic (exact) mass is 301 g/mol. The van der Waals surface area contributed by atoms with Gasteiger partial charge in [0.15, 0.2) is 5.96 Å². The first-order valence-electron chi connectivity index (χ1n) is 8.58. The second kappa shape index (κ2) is 7.47. The molecule has 0 atom stereocenters. The van der Waals surface area contributed by atoms with Gasteiger partial charge < -0.3 is 15.5 Å². The third kappa shape index (κ3) is 3.90. The number of anilines is 1. The molecule has 2 fully saturated rings. The minimum Gasteiger partial charge on any atom is -0.370 e. The molecule has 0 spiro atoms. The smallest absolute Gasteiger partial charge is 0.191 e. The van der Waals surface area contributed by atoms with Crippen LogP contribution in [-0.4, -0.2) is 42.0 Å². The fourth-order valence-electron chi connectivity index (χ4n) is 3.22. The number of hydrogen-bond acceptors (Lipinski definition) is 3. The molecule has 0 saturated carbocycles. The molecule has 3 heterocycles. The SMILES string of the molecule is NC(=NCc1ccc(N2CCCC2)nc1)N1CCCCCC1. The molecule has 0 amide bonds. The van der Waals surface area contributed by atoms with Crippen molar-refractivity contribution in [2.45, 2.75) is 45.1 Å². The number of aromatic nitrogens is 1. The van der Waals surface area contributed by atoms with Crippen molar-refractivity contribution >= 4 is 11.8 Å². The van der Waals surface area contributed by atoms with E-state index in [1.165, 1.54) is 38.5 Å². The van der Waals surface area contributed by atoms with Crippen LogP contribution in [-0.2, 0) is 6.54 Å². The van der Waals surface area contributed by atoms with Gasteiger partial charge in [-0.15, -0.1) is 0 Å². The van der Waals surface area contributed by atoms with Gasteiger partial charge in [0.05, 0.1) is 6.54 Å². The lowest BCUT2D eigenvalue weighted by Gasteiger charge is -2.21. The molecule has 3 rings (SSSR count). The molecule has 2 N–H and O–H groups in total. The van der Waals surface area contributed by atoms with Crippen LogP contribution < -0.4 is 10.6 Å². The Morgan fingerprint density at radius 1 is 1.00 bits per heavy atom. The van der Waals surface area contributed by atoms with Crippen molar-refractivity contribution in [3.63, 3.8) is 0 Å². The van der Waals surface area contributed by atoms with Crippen molar-refractivity contribution in [1.82, 2.24) is 9.88 Å². The Hall–Kier alpha value is -1.78. The van der Waals surface area contributed by atoms with Gasteiger partial charge in [0.2, 0.25) is 0 Å². The van der Waals surface area contributed by atoms with Crippen LogP contribution in [0, 0.1) is 0 Å². The maximum atomic E-state index is 6.14. The Balaban J connectivity index is 1.56. The standard InChI is InChI=1S/C17H27N5/c18-17(22-11-3-1-2-4-12-22)20-14-15-7-8-16(19-13-15)21-9-5-6-10-21/h7-8,13H,1-6,9-12,14H2,(H2,18,20). The van der Waals surface area contributed by atoms with Crippen molar-refractivity contribution in [3.05, 3.63) is 23.9 Å². The third-order valence-corrected chi connectivity index (χ3v) is 4.59. The van der Waals surface area contributed by atoms with Crippen molar-refractivity contribution in [1.29, 1.82) is 0 Å². The summed E-state index contributed by atoms with van der Waals surface area (Å²) in [5, 5.41) is 0. The molecule has 2 saturated heterocycles. The molecule has 0 unspecified atom stereocenters. The minimum absolute atomic E-state index is 0.621. The lowest BCUT2D eigenvalue weighted by atomic mass is 10.2. The molecule has 5 heteroatoms. The summed E-state index contributed by atoms with van der Waals surface area (Å²) in [5.41, 5.74) is 7.27. The first-order valence-corrected chi connectivity index (χ1v) is 8.58. The highest BCUT2D eigenvalue weighted by Crippen LogP contribution is 2.17.